The fraction of sp³-hybridized carbons (Fsp3) is 0.444. The Hall–Kier alpha value is -2.48. The number of amides is 1. The second kappa shape index (κ2) is 8.23. The number of aryl methyl sites for hydroxylation is 1. The van der Waals surface area contributed by atoms with E-state index in [-0.39, 0.29) is 6.42 Å². The van der Waals surface area contributed by atoms with Crippen molar-refractivity contribution in [1.29, 1.82) is 0 Å². The van der Waals surface area contributed by atoms with E-state index in [2.05, 4.69) is 21.9 Å². The second-order valence-corrected chi connectivity index (χ2v) is 6.10. The van der Waals surface area contributed by atoms with Crippen molar-refractivity contribution in [3.63, 3.8) is 0 Å². The Bertz CT molecular complexity index is 620. The smallest absolute Gasteiger partial charge is 0.408 e. The minimum atomic E-state index is -0.868. The van der Waals surface area contributed by atoms with Crippen molar-refractivity contribution < 1.29 is 19.1 Å². The normalized spacial score (nSPS) is 11.7. The van der Waals surface area contributed by atoms with Crippen LogP contribution in [0, 0.1) is 18.8 Å². The van der Waals surface area contributed by atoms with Gasteiger partial charge in [-0.1, -0.05) is 24.0 Å². The molecule has 1 aromatic carbocycles. The summed E-state index contributed by atoms with van der Waals surface area (Å²) in [6, 6.07) is 6.85. The van der Waals surface area contributed by atoms with E-state index in [9.17, 15) is 9.59 Å². The SMILES string of the molecule is COC(=O)[C@H](CC#Cc1cccc(C)c1)NC(=O)OC(C)(C)C. The zero-order chi connectivity index (χ0) is 17.5. The van der Waals surface area contributed by atoms with E-state index in [1.165, 1.54) is 7.11 Å². The van der Waals surface area contributed by atoms with Gasteiger partial charge in [-0.2, -0.15) is 0 Å². The zero-order valence-corrected chi connectivity index (χ0v) is 14.2. The minimum absolute atomic E-state index is 0.139. The number of alkyl carbamates (subject to hydrolysis) is 1. The lowest BCUT2D eigenvalue weighted by atomic mass is 10.1. The Morgan fingerprint density at radius 1 is 1.30 bits per heavy atom. The summed E-state index contributed by atoms with van der Waals surface area (Å²) < 4.78 is 9.83. The molecule has 124 valence electrons. The maximum absolute atomic E-state index is 11.8. The first-order valence-corrected chi connectivity index (χ1v) is 7.34. The molecule has 1 amide bonds. The first-order valence-electron chi connectivity index (χ1n) is 7.34. The van der Waals surface area contributed by atoms with E-state index in [1.54, 1.807) is 20.8 Å². The number of esters is 1. The summed E-state index contributed by atoms with van der Waals surface area (Å²) in [7, 11) is 1.26. The van der Waals surface area contributed by atoms with Crippen molar-refractivity contribution in [3.05, 3.63) is 35.4 Å². The van der Waals surface area contributed by atoms with Gasteiger partial charge in [0.2, 0.25) is 0 Å². The van der Waals surface area contributed by atoms with E-state index in [0.29, 0.717) is 0 Å². The van der Waals surface area contributed by atoms with Crippen molar-refractivity contribution in [2.75, 3.05) is 7.11 Å². The van der Waals surface area contributed by atoms with Gasteiger partial charge in [-0.05, 0) is 45.4 Å². The van der Waals surface area contributed by atoms with E-state index in [4.69, 9.17) is 4.74 Å². The van der Waals surface area contributed by atoms with E-state index >= 15 is 0 Å². The van der Waals surface area contributed by atoms with Gasteiger partial charge in [0, 0.05) is 12.0 Å². The van der Waals surface area contributed by atoms with Crippen LogP contribution in [0.4, 0.5) is 4.79 Å². The van der Waals surface area contributed by atoms with Gasteiger partial charge in [-0.3, -0.25) is 0 Å². The monoisotopic (exact) mass is 317 g/mol. The highest BCUT2D eigenvalue weighted by atomic mass is 16.6. The molecule has 0 unspecified atom stereocenters. The average Bonchev–Trinajstić information content (AvgIpc) is 2.43. The number of carbonyl (C=O) groups is 2. The molecule has 23 heavy (non-hydrogen) atoms. The highest BCUT2D eigenvalue weighted by molar-refractivity contribution is 5.81. The molecule has 1 aromatic rings. The Labute approximate surface area is 137 Å². The van der Waals surface area contributed by atoms with Crippen LogP contribution in [-0.2, 0) is 14.3 Å². The summed E-state index contributed by atoms with van der Waals surface area (Å²) in [6.45, 7) is 7.22. The lowest BCUT2D eigenvalue weighted by molar-refractivity contribution is -0.143. The van der Waals surface area contributed by atoms with Crippen molar-refractivity contribution in [3.8, 4) is 11.8 Å². The van der Waals surface area contributed by atoms with Crippen molar-refractivity contribution in [1.82, 2.24) is 5.32 Å². The van der Waals surface area contributed by atoms with Gasteiger partial charge >= 0.3 is 12.1 Å². The topological polar surface area (TPSA) is 64.6 Å². The molecule has 0 aliphatic rings. The van der Waals surface area contributed by atoms with Crippen LogP contribution in [0.15, 0.2) is 24.3 Å². The molecule has 0 radical (unpaired) electrons. The van der Waals surface area contributed by atoms with Gasteiger partial charge < -0.3 is 14.8 Å². The van der Waals surface area contributed by atoms with Crippen LogP contribution in [0.25, 0.3) is 0 Å². The fourth-order valence-corrected chi connectivity index (χ4v) is 1.76. The molecule has 1 atom stereocenters. The molecular weight excluding hydrogens is 294 g/mol. The number of carbonyl (C=O) groups excluding carboxylic acids is 2. The van der Waals surface area contributed by atoms with Crippen molar-refractivity contribution in [2.45, 2.75) is 45.8 Å². The Morgan fingerprint density at radius 3 is 2.57 bits per heavy atom. The molecule has 0 aliphatic carbocycles. The quantitative estimate of drug-likeness (QED) is 0.688. The molecule has 0 saturated carbocycles. The largest absolute Gasteiger partial charge is 0.467 e. The summed E-state index contributed by atoms with van der Waals surface area (Å²) in [5.41, 5.74) is 1.32. The van der Waals surface area contributed by atoms with Gasteiger partial charge in [0.1, 0.15) is 11.6 Å². The highest BCUT2D eigenvalue weighted by Crippen LogP contribution is 2.07. The predicted octanol–water partition coefficient (Wildman–Crippen LogP) is 2.80. The van der Waals surface area contributed by atoms with Gasteiger partial charge in [0.05, 0.1) is 7.11 Å². The van der Waals surface area contributed by atoms with Crippen LogP contribution in [0.3, 0.4) is 0 Å². The van der Waals surface area contributed by atoms with Gasteiger partial charge in [0.25, 0.3) is 0 Å². The fourth-order valence-electron chi connectivity index (χ4n) is 1.76. The number of methoxy groups -OCH3 is 1. The minimum Gasteiger partial charge on any atom is -0.467 e. The molecule has 0 saturated heterocycles. The molecule has 0 heterocycles. The number of hydrogen-bond acceptors (Lipinski definition) is 4. The summed E-state index contributed by atoms with van der Waals surface area (Å²) in [5, 5.41) is 2.48. The molecule has 0 aliphatic heterocycles. The number of hydrogen-bond donors (Lipinski definition) is 1. The van der Waals surface area contributed by atoms with E-state index in [0.717, 1.165) is 11.1 Å². The van der Waals surface area contributed by atoms with Crippen LogP contribution in [0.1, 0.15) is 38.3 Å². The Morgan fingerprint density at radius 2 is 2.00 bits per heavy atom. The maximum Gasteiger partial charge on any atom is 0.408 e. The molecule has 0 spiro atoms. The molecule has 5 heteroatoms. The third-order valence-electron chi connectivity index (χ3n) is 2.73. The molecule has 5 nitrogen and oxygen atoms in total. The van der Waals surface area contributed by atoms with Gasteiger partial charge in [-0.25, -0.2) is 9.59 Å². The van der Waals surface area contributed by atoms with E-state index < -0.39 is 23.7 Å². The lowest BCUT2D eigenvalue weighted by Crippen LogP contribution is -2.43. The average molecular weight is 317 g/mol. The predicted molar refractivity (Wildman–Crippen MR) is 87.8 cm³/mol. The third kappa shape index (κ3) is 7.37. The third-order valence-corrected chi connectivity index (χ3v) is 2.73. The molecular formula is C18H23NO4. The van der Waals surface area contributed by atoms with Crippen LogP contribution in [0.2, 0.25) is 0 Å². The standard InChI is InChI=1S/C18H23NO4/c1-13-8-6-9-14(12-13)10-7-11-15(16(20)22-5)19-17(21)23-18(2,3)4/h6,8-9,12,15H,11H2,1-5H3,(H,19,21)/t15-/m0/s1. The van der Waals surface area contributed by atoms with Crippen molar-refractivity contribution in [2.24, 2.45) is 0 Å². The number of rotatable bonds is 3. The molecule has 0 bridgehead atoms. The lowest BCUT2D eigenvalue weighted by Gasteiger charge is -2.21. The van der Waals surface area contributed by atoms with Crippen LogP contribution in [-0.4, -0.2) is 30.8 Å². The summed E-state index contributed by atoms with van der Waals surface area (Å²) >= 11 is 0. The Kier molecular flexibility index (Phi) is 6.65. The van der Waals surface area contributed by atoms with Crippen LogP contribution >= 0.6 is 0 Å². The molecule has 1 rings (SSSR count). The van der Waals surface area contributed by atoms with E-state index in [1.807, 2.05) is 31.2 Å². The molecule has 0 fully saturated rings. The molecule has 1 N–H and O–H groups in total. The first kappa shape index (κ1) is 18.6. The highest BCUT2D eigenvalue weighted by Gasteiger charge is 2.24. The number of benzene rings is 1. The Balaban J connectivity index is 2.73. The van der Waals surface area contributed by atoms with Gasteiger partial charge in [-0.15, -0.1) is 0 Å². The number of nitrogens with one attached hydrogen (secondary N) is 1. The zero-order valence-electron chi connectivity index (χ0n) is 14.2. The summed E-state index contributed by atoms with van der Waals surface area (Å²) in [6.07, 6.45) is -0.537. The van der Waals surface area contributed by atoms with Crippen molar-refractivity contribution >= 4 is 12.1 Å². The maximum atomic E-state index is 11.8. The van der Waals surface area contributed by atoms with Crippen LogP contribution < -0.4 is 5.32 Å². The summed E-state index contributed by atoms with van der Waals surface area (Å²) in [4.78, 5) is 23.5. The van der Waals surface area contributed by atoms with Crippen LogP contribution in [0.5, 0.6) is 0 Å². The number of ether oxygens (including phenoxy) is 2. The van der Waals surface area contributed by atoms with Gasteiger partial charge in [0.15, 0.2) is 0 Å². The first-order chi connectivity index (χ1) is 10.7. The second-order valence-electron chi connectivity index (χ2n) is 6.10. The molecule has 0 aromatic heterocycles. The summed E-state index contributed by atoms with van der Waals surface area (Å²) in [5.74, 6) is 5.30.